The van der Waals surface area contributed by atoms with Crippen LogP contribution in [0, 0.1) is 5.82 Å². The van der Waals surface area contributed by atoms with E-state index >= 15 is 0 Å². The van der Waals surface area contributed by atoms with E-state index in [1.54, 1.807) is 24.7 Å². The molecule has 0 spiro atoms. The zero-order valence-electron chi connectivity index (χ0n) is 11.0. The molecule has 5 nitrogen and oxygen atoms in total. The zero-order valence-corrected chi connectivity index (χ0v) is 12.5. The van der Waals surface area contributed by atoms with Crippen LogP contribution in [0.3, 0.4) is 0 Å². The molecule has 3 rings (SSSR count). The predicted octanol–water partition coefficient (Wildman–Crippen LogP) is 2.00. The Balaban J connectivity index is 1.58. The molecule has 21 heavy (non-hydrogen) atoms. The Labute approximate surface area is 129 Å². The number of halogens is 2. The molecular formula is C14H12BrFN4O. The molecule has 1 N–H and O–H groups in total. The Morgan fingerprint density at radius 3 is 2.86 bits per heavy atom. The molecule has 108 valence electrons. The quantitative estimate of drug-likeness (QED) is 0.919. The van der Waals surface area contributed by atoms with Crippen LogP contribution < -0.4 is 10.2 Å². The highest BCUT2D eigenvalue weighted by atomic mass is 79.9. The van der Waals surface area contributed by atoms with Gasteiger partial charge in [-0.15, -0.1) is 0 Å². The number of carbonyl (C=O) groups is 1. The molecule has 1 aliphatic heterocycles. The van der Waals surface area contributed by atoms with Gasteiger partial charge >= 0.3 is 0 Å². The SMILES string of the molecule is O=C(NC1CN(c2cnccn2)C1)c1ccc(Br)cc1F. The minimum Gasteiger partial charge on any atom is -0.351 e. The smallest absolute Gasteiger partial charge is 0.254 e. The molecule has 0 bridgehead atoms. The van der Waals surface area contributed by atoms with Gasteiger partial charge in [-0.05, 0) is 18.2 Å². The number of aromatic nitrogens is 2. The first-order valence-electron chi connectivity index (χ1n) is 6.40. The van der Waals surface area contributed by atoms with Crippen LogP contribution >= 0.6 is 15.9 Å². The van der Waals surface area contributed by atoms with Crippen LogP contribution in [0.2, 0.25) is 0 Å². The largest absolute Gasteiger partial charge is 0.351 e. The van der Waals surface area contributed by atoms with Crippen molar-refractivity contribution in [1.82, 2.24) is 15.3 Å². The minimum absolute atomic E-state index is 0.0115. The number of hydrogen-bond acceptors (Lipinski definition) is 4. The van der Waals surface area contributed by atoms with Gasteiger partial charge in [0.05, 0.1) is 17.8 Å². The third-order valence-electron chi connectivity index (χ3n) is 3.27. The van der Waals surface area contributed by atoms with E-state index in [1.807, 2.05) is 4.90 Å². The summed E-state index contributed by atoms with van der Waals surface area (Å²) >= 11 is 3.16. The second-order valence-electron chi connectivity index (χ2n) is 4.76. The van der Waals surface area contributed by atoms with Gasteiger partial charge in [0.1, 0.15) is 11.6 Å². The van der Waals surface area contributed by atoms with Crippen LogP contribution in [0.1, 0.15) is 10.4 Å². The molecule has 0 radical (unpaired) electrons. The molecule has 1 amide bonds. The number of hydrogen-bond donors (Lipinski definition) is 1. The summed E-state index contributed by atoms with van der Waals surface area (Å²) in [6, 6.07) is 4.38. The number of benzene rings is 1. The highest BCUT2D eigenvalue weighted by Gasteiger charge is 2.29. The lowest BCUT2D eigenvalue weighted by molar-refractivity contribution is 0.0926. The maximum Gasteiger partial charge on any atom is 0.254 e. The van der Waals surface area contributed by atoms with E-state index in [9.17, 15) is 9.18 Å². The summed E-state index contributed by atoms with van der Waals surface area (Å²) in [7, 11) is 0. The van der Waals surface area contributed by atoms with Crippen LogP contribution in [0.4, 0.5) is 10.2 Å². The average molecular weight is 351 g/mol. The lowest BCUT2D eigenvalue weighted by atomic mass is 10.1. The molecule has 0 saturated carbocycles. The monoisotopic (exact) mass is 350 g/mol. The molecule has 7 heteroatoms. The van der Waals surface area contributed by atoms with E-state index in [0.29, 0.717) is 17.6 Å². The van der Waals surface area contributed by atoms with Crippen molar-refractivity contribution in [3.63, 3.8) is 0 Å². The summed E-state index contributed by atoms with van der Waals surface area (Å²) in [5, 5.41) is 2.81. The maximum atomic E-state index is 13.7. The van der Waals surface area contributed by atoms with E-state index in [-0.39, 0.29) is 11.6 Å². The summed E-state index contributed by atoms with van der Waals surface area (Å²) in [6.45, 7) is 1.28. The normalized spacial score (nSPS) is 14.7. The van der Waals surface area contributed by atoms with Crippen LogP contribution in [0.15, 0.2) is 41.3 Å². The Morgan fingerprint density at radius 2 is 2.19 bits per heavy atom. The van der Waals surface area contributed by atoms with Gasteiger partial charge in [0.2, 0.25) is 0 Å². The van der Waals surface area contributed by atoms with Gasteiger partial charge < -0.3 is 10.2 Å². The third-order valence-corrected chi connectivity index (χ3v) is 3.76. The number of nitrogens with one attached hydrogen (secondary N) is 1. The minimum atomic E-state index is -0.535. The van der Waals surface area contributed by atoms with Crippen molar-refractivity contribution in [1.29, 1.82) is 0 Å². The van der Waals surface area contributed by atoms with Crippen molar-refractivity contribution < 1.29 is 9.18 Å². The molecular weight excluding hydrogens is 339 g/mol. The third kappa shape index (κ3) is 3.02. The summed E-state index contributed by atoms with van der Waals surface area (Å²) in [4.78, 5) is 22.2. The van der Waals surface area contributed by atoms with Crippen LogP contribution in [0.5, 0.6) is 0 Å². The number of amides is 1. The van der Waals surface area contributed by atoms with Crippen LogP contribution in [-0.2, 0) is 0 Å². The van der Waals surface area contributed by atoms with Crippen molar-refractivity contribution in [2.75, 3.05) is 18.0 Å². The van der Waals surface area contributed by atoms with Crippen molar-refractivity contribution >= 4 is 27.7 Å². The van der Waals surface area contributed by atoms with Gasteiger partial charge in [0, 0.05) is 30.0 Å². The maximum absolute atomic E-state index is 13.7. The highest BCUT2D eigenvalue weighted by Crippen LogP contribution is 2.18. The molecule has 1 saturated heterocycles. The molecule has 1 aliphatic rings. The van der Waals surface area contributed by atoms with Crippen molar-refractivity contribution in [2.45, 2.75) is 6.04 Å². The fourth-order valence-corrected chi connectivity index (χ4v) is 2.48. The molecule has 0 aliphatic carbocycles. The van der Waals surface area contributed by atoms with Gasteiger partial charge in [-0.2, -0.15) is 0 Å². The summed E-state index contributed by atoms with van der Waals surface area (Å²) in [5.74, 6) is -0.159. The van der Waals surface area contributed by atoms with Gasteiger partial charge in [-0.25, -0.2) is 9.37 Å². The lowest BCUT2D eigenvalue weighted by Crippen LogP contribution is -2.59. The van der Waals surface area contributed by atoms with E-state index in [2.05, 4.69) is 31.2 Å². The molecule has 2 aromatic rings. The number of rotatable bonds is 3. The fourth-order valence-electron chi connectivity index (χ4n) is 2.15. The van der Waals surface area contributed by atoms with Crippen molar-refractivity contribution in [3.8, 4) is 0 Å². The van der Waals surface area contributed by atoms with Gasteiger partial charge in [0.15, 0.2) is 0 Å². The Morgan fingerprint density at radius 1 is 1.38 bits per heavy atom. The number of nitrogens with zero attached hydrogens (tertiary/aromatic N) is 3. The van der Waals surface area contributed by atoms with E-state index in [4.69, 9.17) is 0 Å². The predicted molar refractivity (Wildman–Crippen MR) is 79.6 cm³/mol. The topological polar surface area (TPSA) is 58.1 Å². The first-order chi connectivity index (χ1) is 10.1. The van der Waals surface area contributed by atoms with Gasteiger partial charge in [-0.3, -0.25) is 9.78 Å². The second kappa shape index (κ2) is 5.77. The molecule has 2 heterocycles. The van der Waals surface area contributed by atoms with Gasteiger partial charge in [-0.1, -0.05) is 15.9 Å². The summed E-state index contributed by atoms with van der Waals surface area (Å²) in [5.41, 5.74) is 0.0520. The average Bonchev–Trinajstić information content (AvgIpc) is 2.43. The summed E-state index contributed by atoms with van der Waals surface area (Å²) < 4.78 is 14.3. The fraction of sp³-hybridized carbons (Fsp3) is 0.214. The molecule has 1 fully saturated rings. The number of anilines is 1. The second-order valence-corrected chi connectivity index (χ2v) is 5.68. The first kappa shape index (κ1) is 13.9. The molecule has 1 aromatic heterocycles. The van der Waals surface area contributed by atoms with Crippen LogP contribution in [0.25, 0.3) is 0 Å². The number of carbonyl (C=O) groups excluding carboxylic acids is 1. The standard InChI is InChI=1S/C14H12BrFN4O/c15-9-1-2-11(12(16)5-9)14(21)19-10-7-20(8-10)13-6-17-3-4-18-13/h1-6,10H,7-8H2,(H,19,21). The summed E-state index contributed by atoms with van der Waals surface area (Å²) in [6.07, 6.45) is 4.91. The first-order valence-corrected chi connectivity index (χ1v) is 7.19. The van der Waals surface area contributed by atoms with Gasteiger partial charge in [0.25, 0.3) is 5.91 Å². The van der Waals surface area contributed by atoms with Crippen molar-refractivity contribution in [2.24, 2.45) is 0 Å². The Bertz CT molecular complexity index is 661. The lowest BCUT2D eigenvalue weighted by Gasteiger charge is -2.40. The molecule has 0 unspecified atom stereocenters. The molecule has 0 atom stereocenters. The van der Waals surface area contributed by atoms with E-state index < -0.39 is 11.7 Å². The Hall–Kier alpha value is -2.02. The Kier molecular flexibility index (Phi) is 3.83. The highest BCUT2D eigenvalue weighted by molar-refractivity contribution is 9.10. The van der Waals surface area contributed by atoms with Crippen LogP contribution in [-0.4, -0.2) is 35.0 Å². The zero-order chi connectivity index (χ0) is 14.8. The van der Waals surface area contributed by atoms with E-state index in [1.165, 1.54) is 12.1 Å². The molecule has 1 aromatic carbocycles. The van der Waals surface area contributed by atoms with E-state index in [0.717, 1.165) is 5.82 Å². The van der Waals surface area contributed by atoms with Crippen molar-refractivity contribution in [3.05, 3.63) is 52.6 Å².